The molecule has 0 atom stereocenters. The van der Waals surface area contributed by atoms with Gasteiger partial charge < -0.3 is 5.32 Å². The van der Waals surface area contributed by atoms with E-state index in [1.165, 1.54) is 18.2 Å². The second-order valence-electron chi connectivity index (χ2n) is 4.48. The smallest absolute Gasteiger partial charge is 0.256 e. The molecule has 0 unspecified atom stereocenters. The molecule has 0 aliphatic heterocycles. The van der Waals surface area contributed by atoms with E-state index in [0.29, 0.717) is 15.7 Å². The van der Waals surface area contributed by atoms with E-state index >= 15 is 0 Å². The summed E-state index contributed by atoms with van der Waals surface area (Å²) in [5.74, 6) is -0.703. The van der Waals surface area contributed by atoms with Crippen LogP contribution in [-0.2, 0) is 0 Å². The Morgan fingerprint density at radius 2 is 2.05 bits per heavy atom. The van der Waals surface area contributed by atoms with Crippen molar-refractivity contribution in [2.24, 2.45) is 0 Å². The number of aromatic nitrogens is 1. The zero-order valence-electron chi connectivity index (χ0n) is 10.8. The Labute approximate surface area is 128 Å². The maximum atomic E-state index is 13.1. The van der Waals surface area contributed by atoms with Crippen molar-refractivity contribution < 1.29 is 9.18 Å². The molecule has 0 saturated carbocycles. The van der Waals surface area contributed by atoms with Crippen LogP contribution in [0.4, 0.5) is 10.1 Å². The number of rotatable bonds is 2. The van der Waals surface area contributed by atoms with Crippen molar-refractivity contribution in [3.8, 4) is 0 Å². The summed E-state index contributed by atoms with van der Waals surface area (Å²) >= 11 is 3.20. The Bertz CT molecular complexity index is 830. The van der Waals surface area contributed by atoms with Crippen LogP contribution in [0.25, 0.3) is 10.8 Å². The van der Waals surface area contributed by atoms with Gasteiger partial charge in [-0.15, -0.1) is 0 Å². The first-order valence-electron chi connectivity index (χ1n) is 6.24. The first-order chi connectivity index (χ1) is 10.1. The molecule has 2 aromatic carbocycles. The summed E-state index contributed by atoms with van der Waals surface area (Å²) in [7, 11) is 0. The summed E-state index contributed by atoms with van der Waals surface area (Å²) < 4.78 is 13.5. The van der Waals surface area contributed by atoms with Gasteiger partial charge in [0, 0.05) is 22.3 Å². The van der Waals surface area contributed by atoms with E-state index in [1.807, 2.05) is 18.2 Å². The summed E-state index contributed by atoms with van der Waals surface area (Å²) in [4.78, 5) is 16.4. The molecule has 0 saturated heterocycles. The number of anilines is 1. The van der Waals surface area contributed by atoms with E-state index in [2.05, 4.69) is 26.2 Å². The van der Waals surface area contributed by atoms with Crippen molar-refractivity contribution in [1.82, 2.24) is 4.98 Å². The van der Waals surface area contributed by atoms with Crippen LogP contribution in [0.1, 0.15) is 10.4 Å². The third-order valence-electron chi connectivity index (χ3n) is 3.11. The number of carbonyl (C=O) groups is 1. The number of nitrogens with zero attached hydrogens (tertiary/aromatic N) is 1. The van der Waals surface area contributed by atoms with Crippen LogP contribution in [0, 0.1) is 5.82 Å². The third kappa shape index (κ3) is 2.78. The van der Waals surface area contributed by atoms with E-state index < -0.39 is 5.82 Å². The van der Waals surface area contributed by atoms with Crippen LogP contribution >= 0.6 is 15.9 Å². The molecular weight excluding hydrogens is 335 g/mol. The zero-order chi connectivity index (χ0) is 14.8. The standard InChI is InChI=1S/C16H10BrFN2O/c17-14-8-11(18)4-5-12(14)16(21)20-15-3-1-2-10-6-7-19-9-13(10)15/h1-9H,(H,20,21). The molecule has 0 aliphatic rings. The van der Waals surface area contributed by atoms with E-state index in [0.717, 1.165) is 10.8 Å². The Balaban J connectivity index is 1.97. The van der Waals surface area contributed by atoms with Gasteiger partial charge in [-0.2, -0.15) is 0 Å². The lowest BCUT2D eigenvalue weighted by atomic mass is 10.1. The number of nitrogens with one attached hydrogen (secondary N) is 1. The molecule has 1 N–H and O–H groups in total. The summed E-state index contributed by atoms with van der Waals surface area (Å²) in [5, 5.41) is 4.67. The first kappa shape index (κ1) is 13.7. The molecule has 21 heavy (non-hydrogen) atoms. The summed E-state index contributed by atoms with van der Waals surface area (Å²) in [6.07, 6.45) is 3.40. The SMILES string of the molecule is O=C(Nc1cccc2ccncc12)c1ccc(F)cc1Br. The Kier molecular flexibility index (Phi) is 3.66. The first-order valence-corrected chi connectivity index (χ1v) is 7.03. The molecule has 104 valence electrons. The van der Waals surface area contributed by atoms with Crippen LogP contribution in [0.2, 0.25) is 0 Å². The van der Waals surface area contributed by atoms with Crippen molar-refractivity contribution in [3.63, 3.8) is 0 Å². The molecule has 1 aromatic heterocycles. The average molecular weight is 345 g/mol. The molecule has 0 spiro atoms. The minimum Gasteiger partial charge on any atom is -0.321 e. The molecule has 3 nitrogen and oxygen atoms in total. The molecule has 0 aliphatic carbocycles. The molecule has 0 radical (unpaired) electrons. The van der Waals surface area contributed by atoms with Crippen LogP contribution in [0.3, 0.4) is 0 Å². The minimum atomic E-state index is -0.396. The number of fused-ring (bicyclic) bond motifs is 1. The fraction of sp³-hybridized carbons (Fsp3) is 0. The Morgan fingerprint density at radius 3 is 2.86 bits per heavy atom. The van der Waals surface area contributed by atoms with Crippen molar-refractivity contribution in [1.29, 1.82) is 0 Å². The lowest BCUT2D eigenvalue weighted by molar-refractivity contribution is 0.102. The molecular formula is C16H10BrFN2O. The van der Waals surface area contributed by atoms with Crippen molar-refractivity contribution in [3.05, 3.63) is 70.7 Å². The maximum Gasteiger partial charge on any atom is 0.256 e. The van der Waals surface area contributed by atoms with Gasteiger partial charge in [-0.3, -0.25) is 9.78 Å². The summed E-state index contributed by atoms with van der Waals surface area (Å²) in [5.41, 5.74) is 1.04. The summed E-state index contributed by atoms with van der Waals surface area (Å²) in [6.45, 7) is 0. The predicted octanol–water partition coefficient (Wildman–Crippen LogP) is 4.39. The van der Waals surface area contributed by atoms with Crippen molar-refractivity contribution >= 4 is 38.3 Å². The van der Waals surface area contributed by atoms with E-state index in [-0.39, 0.29) is 5.91 Å². The van der Waals surface area contributed by atoms with Gasteiger partial charge in [-0.25, -0.2) is 4.39 Å². The number of hydrogen-bond donors (Lipinski definition) is 1. The highest BCUT2D eigenvalue weighted by molar-refractivity contribution is 9.10. The average Bonchev–Trinajstić information content (AvgIpc) is 2.47. The Morgan fingerprint density at radius 1 is 1.19 bits per heavy atom. The van der Waals surface area contributed by atoms with Gasteiger partial charge in [0.2, 0.25) is 0 Å². The second-order valence-corrected chi connectivity index (χ2v) is 5.34. The van der Waals surface area contributed by atoms with Gasteiger partial charge in [0.15, 0.2) is 0 Å². The number of hydrogen-bond acceptors (Lipinski definition) is 2. The van der Waals surface area contributed by atoms with E-state index in [9.17, 15) is 9.18 Å². The topological polar surface area (TPSA) is 42.0 Å². The molecule has 1 amide bonds. The van der Waals surface area contributed by atoms with Gasteiger partial charge in [0.1, 0.15) is 5.82 Å². The molecule has 3 aromatic rings. The van der Waals surface area contributed by atoms with Crippen molar-refractivity contribution in [2.75, 3.05) is 5.32 Å². The molecule has 0 bridgehead atoms. The third-order valence-corrected chi connectivity index (χ3v) is 3.76. The largest absolute Gasteiger partial charge is 0.321 e. The zero-order valence-corrected chi connectivity index (χ0v) is 12.4. The van der Waals surface area contributed by atoms with Gasteiger partial charge in [0.05, 0.1) is 11.3 Å². The monoisotopic (exact) mass is 344 g/mol. The van der Waals surface area contributed by atoms with Gasteiger partial charge >= 0.3 is 0 Å². The molecule has 0 fully saturated rings. The highest BCUT2D eigenvalue weighted by Gasteiger charge is 2.12. The van der Waals surface area contributed by atoms with E-state index in [1.54, 1.807) is 18.5 Å². The predicted molar refractivity (Wildman–Crippen MR) is 83.8 cm³/mol. The molecule has 1 heterocycles. The van der Waals surface area contributed by atoms with Crippen LogP contribution in [0.5, 0.6) is 0 Å². The van der Waals surface area contributed by atoms with Crippen LogP contribution < -0.4 is 5.32 Å². The number of pyridine rings is 1. The number of amides is 1. The lowest BCUT2D eigenvalue weighted by Crippen LogP contribution is -2.13. The summed E-state index contributed by atoms with van der Waals surface area (Å²) in [6, 6.07) is 11.4. The maximum absolute atomic E-state index is 13.1. The highest BCUT2D eigenvalue weighted by Crippen LogP contribution is 2.24. The second kappa shape index (κ2) is 5.61. The van der Waals surface area contributed by atoms with Crippen LogP contribution in [-0.4, -0.2) is 10.9 Å². The van der Waals surface area contributed by atoms with Crippen molar-refractivity contribution in [2.45, 2.75) is 0 Å². The van der Waals surface area contributed by atoms with Gasteiger partial charge in [-0.05, 0) is 51.6 Å². The number of carbonyl (C=O) groups excluding carboxylic acids is 1. The highest BCUT2D eigenvalue weighted by atomic mass is 79.9. The van der Waals surface area contributed by atoms with E-state index in [4.69, 9.17) is 0 Å². The molecule has 3 rings (SSSR count). The van der Waals surface area contributed by atoms with Gasteiger partial charge in [0.25, 0.3) is 5.91 Å². The normalized spacial score (nSPS) is 10.6. The number of benzene rings is 2. The fourth-order valence-corrected chi connectivity index (χ4v) is 2.62. The minimum absolute atomic E-state index is 0.307. The van der Waals surface area contributed by atoms with Crippen LogP contribution in [0.15, 0.2) is 59.3 Å². The number of halogens is 2. The lowest BCUT2D eigenvalue weighted by Gasteiger charge is -2.09. The Hall–Kier alpha value is -2.27. The molecule has 5 heteroatoms. The van der Waals surface area contributed by atoms with Gasteiger partial charge in [-0.1, -0.05) is 12.1 Å². The fourth-order valence-electron chi connectivity index (χ4n) is 2.09. The quantitative estimate of drug-likeness (QED) is 0.749.